The highest BCUT2D eigenvalue weighted by molar-refractivity contribution is 7.89. The number of nitrogens with one attached hydrogen (secondary N) is 1. The number of carbonyl (C=O) groups excluding carboxylic acids is 1. The topological polar surface area (TPSA) is 129 Å². The number of sulfonamides is 1. The molecule has 9 nitrogen and oxygen atoms in total. The number of rotatable bonds is 6. The van der Waals surface area contributed by atoms with Crippen molar-refractivity contribution in [1.82, 2.24) is 0 Å². The van der Waals surface area contributed by atoms with Gasteiger partial charge in [-0.25, -0.2) is 13.6 Å². The van der Waals surface area contributed by atoms with Crippen molar-refractivity contribution >= 4 is 27.3 Å². The maximum Gasteiger partial charge on any atom is 0.265 e. The van der Waals surface area contributed by atoms with Gasteiger partial charge in [-0.15, -0.1) is 0 Å². The van der Waals surface area contributed by atoms with Crippen molar-refractivity contribution in [3.8, 4) is 11.5 Å². The van der Waals surface area contributed by atoms with E-state index in [-0.39, 0.29) is 18.3 Å². The second kappa shape index (κ2) is 7.87. The highest BCUT2D eigenvalue weighted by Crippen LogP contribution is 2.32. The van der Waals surface area contributed by atoms with E-state index in [1.165, 1.54) is 6.07 Å². The van der Waals surface area contributed by atoms with Gasteiger partial charge >= 0.3 is 0 Å². The smallest absolute Gasteiger partial charge is 0.265 e. The first-order valence-corrected chi connectivity index (χ1v) is 9.78. The minimum atomic E-state index is -3.88. The maximum absolute atomic E-state index is 12.0. The molecule has 0 fully saturated rings. The fourth-order valence-corrected chi connectivity index (χ4v) is 3.35. The Morgan fingerprint density at radius 1 is 1.21 bits per heavy atom. The summed E-state index contributed by atoms with van der Waals surface area (Å²) in [5.74, 6) is 0.787. The van der Waals surface area contributed by atoms with E-state index in [4.69, 9.17) is 19.5 Å². The summed E-state index contributed by atoms with van der Waals surface area (Å²) >= 11 is 0. The van der Waals surface area contributed by atoms with Crippen molar-refractivity contribution < 1.29 is 27.5 Å². The number of aryl methyl sites for hydroxylation is 1. The standard InChI is InChI=1S/C18H19N3O6S/c1-11-3-5-14(8-17(11)28(19,23)24)20-18(22)9-27-21-12(2)13-4-6-15-16(7-13)26-10-25-15/h3-8H,9-10H2,1-2H3,(H,20,22)(H2,19,23,24)/b21-12-. The number of nitrogens with zero attached hydrogens (tertiary/aromatic N) is 1. The molecule has 2 aromatic carbocycles. The summed E-state index contributed by atoms with van der Waals surface area (Å²) in [5, 5.41) is 11.6. The number of hydrogen-bond acceptors (Lipinski definition) is 7. The Labute approximate surface area is 162 Å². The third-order valence-corrected chi connectivity index (χ3v) is 5.02. The van der Waals surface area contributed by atoms with E-state index in [1.807, 2.05) is 0 Å². The van der Waals surface area contributed by atoms with Crippen LogP contribution in [0.4, 0.5) is 5.69 Å². The highest BCUT2D eigenvalue weighted by atomic mass is 32.2. The van der Waals surface area contributed by atoms with E-state index < -0.39 is 15.9 Å². The molecule has 0 saturated carbocycles. The number of anilines is 1. The lowest BCUT2D eigenvalue weighted by atomic mass is 10.1. The van der Waals surface area contributed by atoms with Crippen molar-refractivity contribution in [2.45, 2.75) is 18.7 Å². The Bertz CT molecular complexity index is 1050. The number of ether oxygens (including phenoxy) is 2. The van der Waals surface area contributed by atoms with E-state index in [2.05, 4.69) is 10.5 Å². The van der Waals surface area contributed by atoms with Crippen LogP contribution in [0, 0.1) is 6.92 Å². The molecule has 0 saturated heterocycles. The van der Waals surface area contributed by atoms with Gasteiger partial charge in [-0.1, -0.05) is 11.2 Å². The molecule has 3 N–H and O–H groups in total. The Kier molecular flexibility index (Phi) is 5.52. The molecule has 28 heavy (non-hydrogen) atoms. The summed E-state index contributed by atoms with van der Waals surface area (Å²) in [6, 6.07) is 9.76. The van der Waals surface area contributed by atoms with E-state index >= 15 is 0 Å². The predicted octanol–water partition coefficient (Wildman–Crippen LogP) is 1.75. The molecule has 0 atom stereocenters. The van der Waals surface area contributed by atoms with Crippen molar-refractivity contribution in [3.63, 3.8) is 0 Å². The van der Waals surface area contributed by atoms with Gasteiger partial charge in [-0.05, 0) is 49.7 Å². The van der Waals surface area contributed by atoms with Gasteiger partial charge in [0.25, 0.3) is 5.91 Å². The first-order chi connectivity index (χ1) is 13.2. The molecule has 2 aromatic rings. The van der Waals surface area contributed by atoms with Gasteiger partial charge in [-0.3, -0.25) is 4.79 Å². The van der Waals surface area contributed by atoms with Gasteiger partial charge in [-0.2, -0.15) is 0 Å². The molecule has 1 amide bonds. The van der Waals surface area contributed by atoms with Gasteiger partial charge in [0.2, 0.25) is 16.8 Å². The number of carbonyl (C=O) groups is 1. The third kappa shape index (κ3) is 4.59. The molecule has 0 radical (unpaired) electrons. The number of amides is 1. The van der Waals surface area contributed by atoms with Gasteiger partial charge in [0.1, 0.15) is 0 Å². The predicted molar refractivity (Wildman–Crippen MR) is 102 cm³/mol. The van der Waals surface area contributed by atoms with Crippen molar-refractivity contribution in [1.29, 1.82) is 0 Å². The van der Waals surface area contributed by atoms with Crippen molar-refractivity contribution in [2.24, 2.45) is 10.3 Å². The maximum atomic E-state index is 12.0. The van der Waals surface area contributed by atoms with E-state index in [1.54, 1.807) is 44.2 Å². The molecule has 1 heterocycles. The first kappa shape index (κ1) is 19.6. The quantitative estimate of drug-likeness (QED) is 0.556. The number of fused-ring (bicyclic) bond motifs is 1. The van der Waals surface area contributed by atoms with Crippen LogP contribution in [0.2, 0.25) is 0 Å². The van der Waals surface area contributed by atoms with Crippen LogP contribution in [0.3, 0.4) is 0 Å². The van der Waals surface area contributed by atoms with Crippen LogP contribution < -0.4 is 19.9 Å². The molecule has 1 aliphatic heterocycles. The average Bonchev–Trinajstić information content (AvgIpc) is 3.10. The molecule has 0 bridgehead atoms. The summed E-state index contributed by atoms with van der Waals surface area (Å²) in [5.41, 5.74) is 2.10. The van der Waals surface area contributed by atoms with Crippen molar-refractivity contribution in [3.05, 3.63) is 47.5 Å². The molecule has 10 heteroatoms. The number of primary sulfonamides is 1. The number of hydrogen-bond donors (Lipinski definition) is 2. The van der Waals surface area contributed by atoms with Crippen LogP contribution in [-0.2, 0) is 19.7 Å². The Morgan fingerprint density at radius 2 is 1.96 bits per heavy atom. The molecule has 0 aromatic heterocycles. The van der Waals surface area contributed by atoms with Crippen LogP contribution in [0.15, 0.2) is 46.4 Å². The number of oxime groups is 1. The largest absolute Gasteiger partial charge is 0.454 e. The van der Waals surface area contributed by atoms with E-state index in [0.29, 0.717) is 28.5 Å². The average molecular weight is 405 g/mol. The van der Waals surface area contributed by atoms with E-state index in [9.17, 15) is 13.2 Å². The Hall–Kier alpha value is -3.11. The van der Waals surface area contributed by atoms with Crippen molar-refractivity contribution in [2.75, 3.05) is 18.7 Å². The monoisotopic (exact) mass is 405 g/mol. The van der Waals surface area contributed by atoms with E-state index in [0.717, 1.165) is 5.56 Å². The molecular weight excluding hydrogens is 386 g/mol. The normalized spacial score (nSPS) is 13.3. The molecule has 3 rings (SSSR count). The fraction of sp³-hybridized carbons (Fsp3) is 0.222. The highest BCUT2D eigenvalue weighted by Gasteiger charge is 2.15. The minimum Gasteiger partial charge on any atom is -0.454 e. The lowest BCUT2D eigenvalue weighted by Gasteiger charge is -2.09. The van der Waals surface area contributed by atoms with Gasteiger partial charge in [0.05, 0.1) is 10.6 Å². The summed E-state index contributed by atoms with van der Waals surface area (Å²) in [6.45, 7) is 3.17. The summed E-state index contributed by atoms with van der Waals surface area (Å²) < 4.78 is 33.7. The summed E-state index contributed by atoms with van der Waals surface area (Å²) in [6.07, 6.45) is 0. The Balaban J connectivity index is 1.59. The lowest BCUT2D eigenvalue weighted by Crippen LogP contribution is -2.19. The molecular formula is C18H19N3O6S. The molecule has 1 aliphatic rings. The van der Waals surface area contributed by atoms with Crippen LogP contribution in [0.25, 0.3) is 0 Å². The van der Waals surface area contributed by atoms with Crippen LogP contribution in [0.1, 0.15) is 18.1 Å². The molecule has 0 aliphatic carbocycles. The number of benzene rings is 2. The second-order valence-electron chi connectivity index (χ2n) is 6.09. The minimum absolute atomic E-state index is 0.0529. The first-order valence-electron chi connectivity index (χ1n) is 8.24. The Morgan fingerprint density at radius 3 is 2.71 bits per heavy atom. The van der Waals surface area contributed by atoms with Gasteiger partial charge in [0.15, 0.2) is 18.1 Å². The van der Waals surface area contributed by atoms with Gasteiger partial charge < -0.3 is 19.6 Å². The molecule has 0 spiro atoms. The zero-order valence-corrected chi connectivity index (χ0v) is 16.1. The lowest BCUT2D eigenvalue weighted by molar-refractivity contribution is -0.120. The van der Waals surface area contributed by atoms with Crippen LogP contribution >= 0.6 is 0 Å². The molecule has 148 valence electrons. The van der Waals surface area contributed by atoms with Crippen LogP contribution in [-0.4, -0.2) is 33.4 Å². The molecule has 0 unspecified atom stereocenters. The zero-order valence-electron chi connectivity index (χ0n) is 15.3. The third-order valence-electron chi connectivity index (χ3n) is 3.97. The summed E-state index contributed by atoms with van der Waals surface area (Å²) in [7, 11) is -3.88. The summed E-state index contributed by atoms with van der Waals surface area (Å²) in [4.78, 5) is 17.0. The van der Waals surface area contributed by atoms with Gasteiger partial charge in [0, 0.05) is 11.3 Å². The fourth-order valence-electron chi connectivity index (χ4n) is 2.54. The second-order valence-corrected chi connectivity index (χ2v) is 7.62. The SMILES string of the molecule is C/C(=N/OCC(=O)Nc1ccc(C)c(S(N)(=O)=O)c1)c1ccc2c(c1)OCO2. The number of nitrogens with two attached hydrogens (primary N) is 1. The van der Waals surface area contributed by atoms with Crippen LogP contribution in [0.5, 0.6) is 11.5 Å². The zero-order chi connectivity index (χ0) is 20.3.